The third-order valence-electron chi connectivity index (χ3n) is 3.23. The van der Waals surface area contributed by atoms with Gasteiger partial charge in [0.1, 0.15) is 4.21 Å². The first-order valence-corrected chi connectivity index (χ1v) is 10.9. The van der Waals surface area contributed by atoms with Crippen LogP contribution in [0.5, 0.6) is 0 Å². The van der Waals surface area contributed by atoms with Crippen LogP contribution in [-0.2, 0) is 19.9 Å². The van der Waals surface area contributed by atoms with Crippen molar-refractivity contribution in [2.45, 2.75) is 22.1 Å². The molecule has 0 saturated carbocycles. The molecule has 0 aliphatic heterocycles. The van der Waals surface area contributed by atoms with Gasteiger partial charge in [0.2, 0.25) is 0 Å². The number of sulfone groups is 1. The van der Waals surface area contributed by atoms with Crippen LogP contribution in [0.15, 0.2) is 44.8 Å². The minimum absolute atomic E-state index is 0.0921. The molecule has 1 aromatic heterocycles. The maximum absolute atomic E-state index is 12.3. The van der Waals surface area contributed by atoms with Crippen LogP contribution in [0.3, 0.4) is 0 Å². The van der Waals surface area contributed by atoms with Crippen molar-refractivity contribution in [1.29, 1.82) is 0 Å². The number of carboxylic acids is 1. The summed E-state index contributed by atoms with van der Waals surface area (Å²) in [6, 6.07) is 6.35. The van der Waals surface area contributed by atoms with Gasteiger partial charge in [-0.05, 0) is 30.7 Å². The number of benzene rings is 1. The van der Waals surface area contributed by atoms with Gasteiger partial charge < -0.3 is 5.11 Å². The highest BCUT2D eigenvalue weighted by atomic mass is 32.2. The minimum atomic E-state index is -3.87. The summed E-state index contributed by atoms with van der Waals surface area (Å²) < 4.78 is 49.8. The fraction of sp³-hybridized carbons (Fsp3) is 0.214. The van der Waals surface area contributed by atoms with Gasteiger partial charge in [-0.3, -0.25) is 0 Å². The van der Waals surface area contributed by atoms with Crippen molar-refractivity contribution in [3.63, 3.8) is 0 Å². The van der Waals surface area contributed by atoms with Crippen LogP contribution >= 0.6 is 11.3 Å². The molecule has 2 N–H and O–H groups in total. The second kappa shape index (κ2) is 6.63. The van der Waals surface area contributed by atoms with E-state index in [1.807, 2.05) is 0 Å². The zero-order valence-electron chi connectivity index (χ0n) is 12.8. The highest BCUT2D eigenvalue weighted by Crippen LogP contribution is 2.23. The fourth-order valence-corrected chi connectivity index (χ4v) is 4.96. The topological polar surface area (TPSA) is 118 Å². The molecule has 0 fully saturated rings. The maximum atomic E-state index is 12.3. The van der Waals surface area contributed by atoms with Gasteiger partial charge in [0.05, 0.1) is 10.5 Å². The number of hydrogen-bond acceptors (Lipinski definition) is 6. The molecular weight excluding hydrogens is 374 g/mol. The smallest absolute Gasteiger partial charge is 0.336 e. The summed E-state index contributed by atoms with van der Waals surface area (Å²) in [7, 11) is -7.19. The largest absolute Gasteiger partial charge is 0.478 e. The predicted molar refractivity (Wildman–Crippen MR) is 89.6 cm³/mol. The molecule has 0 radical (unpaired) electrons. The molecule has 0 unspecified atom stereocenters. The molecule has 1 aromatic carbocycles. The molecule has 2 aromatic rings. The quantitative estimate of drug-likeness (QED) is 0.779. The lowest BCUT2D eigenvalue weighted by Gasteiger charge is -2.14. The first-order valence-electron chi connectivity index (χ1n) is 6.65. The molecule has 0 spiro atoms. The Morgan fingerprint density at radius 2 is 1.75 bits per heavy atom. The summed E-state index contributed by atoms with van der Waals surface area (Å²) in [6.45, 7) is 1.61. The third-order valence-corrected chi connectivity index (χ3v) is 7.34. The van der Waals surface area contributed by atoms with Crippen LogP contribution in [0.1, 0.15) is 28.9 Å². The molecule has 0 aliphatic rings. The van der Waals surface area contributed by atoms with E-state index in [1.165, 1.54) is 29.6 Å². The number of carboxylic acid groups (broad SMARTS) is 1. The van der Waals surface area contributed by atoms with Gasteiger partial charge in [-0.15, -0.1) is 11.3 Å². The van der Waals surface area contributed by atoms with Gasteiger partial charge in [0, 0.05) is 17.7 Å². The van der Waals surface area contributed by atoms with E-state index in [1.54, 1.807) is 6.92 Å². The summed E-state index contributed by atoms with van der Waals surface area (Å²) in [5.74, 6) is -1.20. The molecule has 7 nitrogen and oxygen atoms in total. The number of thiophene rings is 1. The lowest BCUT2D eigenvalue weighted by Crippen LogP contribution is -2.26. The summed E-state index contributed by atoms with van der Waals surface area (Å²) >= 11 is 0.817. The second-order valence-electron chi connectivity index (χ2n) is 5.14. The lowest BCUT2D eigenvalue weighted by molar-refractivity contribution is 0.0697. The molecule has 0 aliphatic carbocycles. The molecule has 10 heteroatoms. The second-order valence-corrected chi connectivity index (χ2v) is 10.0. The predicted octanol–water partition coefficient (Wildman–Crippen LogP) is 1.89. The van der Waals surface area contributed by atoms with E-state index in [0.717, 1.165) is 23.7 Å². The maximum Gasteiger partial charge on any atom is 0.336 e. The Morgan fingerprint density at radius 3 is 2.21 bits per heavy atom. The Hall–Kier alpha value is -1.75. The number of nitrogens with one attached hydrogen (secondary N) is 1. The van der Waals surface area contributed by atoms with E-state index >= 15 is 0 Å². The van der Waals surface area contributed by atoms with Crippen molar-refractivity contribution in [2.75, 3.05) is 6.26 Å². The number of sulfonamides is 1. The first kappa shape index (κ1) is 18.6. The number of carbonyl (C=O) groups is 1. The standard InChI is InChI=1S/C14H15NO6S3/c1-9(10-3-5-12(6-4-10)23(2,18)19)15-24(20,21)13-7-11(8-22-13)14(16)17/h3-9,15H,1-2H3,(H,16,17)/t9-/m1/s1. The molecule has 24 heavy (non-hydrogen) atoms. The van der Waals surface area contributed by atoms with Gasteiger partial charge in [-0.1, -0.05) is 12.1 Å². The average Bonchev–Trinajstić information content (AvgIpc) is 2.97. The van der Waals surface area contributed by atoms with Crippen LogP contribution < -0.4 is 4.72 Å². The van der Waals surface area contributed by atoms with Crippen LogP contribution in [0, 0.1) is 0 Å². The normalized spacial score (nSPS) is 13.6. The van der Waals surface area contributed by atoms with Crippen molar-refractivity contribution < 1.29 is 26.7 Å². The average molecular weight is 389 g/mol. The Balaban J connectivity index is 2.21. The van der Waals surface area contributed by atoms with E-state index in [0.29, 0.717) is 5.56 Å². The minimum Gasteiger partial charge on any atom is -0.478 e. The summed E-state index contributed by atoms with van der Waals surface area (Å²) in [6.07, 6.45) is 1.09. The van der Waals surface area contributed by atoms with Gasteiger partial charge in [-0.2, -0.15) is 0 Å². The van der Waals surface area contributed by atoms with Gasteiger partial charge >= 0.3 is 5.97 Å². The SMILES string of the molecule is C[C@@H](NS(=O)(=O)c1cc(C(=O)O)cs1)c1ccc(S(C)(=O)=O)cc1. The number of hydrogen-bond donors (Lipinski definition) is 2. The van der Waals surface area contributed by atoms with Crippen molar-refractivity contribution >= 4 is 37.2 Å². The molecular formula is C14H15NO6S3. The van der Waals surface area contributed by atoms with Crippen molar-refractivity contribution in [1.82, 2.24) is 4.72 Å². The fourth-order valence-electron chi connectivity index (χ4n) is 1.93. The van der Waals surface area contributed by atoms with E-state index in [4.69, 9.17) is 5.11 Å². The van der Waals surface area contributed by atoms with Crippen LogP contribution in [0.2, 0.25) is 0 Å². The Kier molecular flexibility index (Phi) is 5.14. The number of aromatic carboxylic acids is 1. The summed E-state index contributed by atoms with van der Waals surface area (Å²) in [5, 5.41) is 10.1. The van der Waals surface area contributed by atoms with Crippen LogP contribution in [0.25, 0.3) is 0 Å². The highest BCUT2D eigenvalue weighted by Gasteiger charge is 2.22. The summed E-state index contributed by atoms with van der Waals surface area (Å²) in [4.78, 5) is 11.0. The first-order chi connectivity index (χ1) is 11.0. The Labute approximate surface area is 143 Å². The van der Waals surface area contributed by atoms with Crippen molar-refractivity contribution in [3.8, 4) is 0 Å². The van der Waals surface area contributed by atoms with Gasteiger partial charge in [0.15, 0.2) is 9.84 Å². The molecule has 2 rings (SSSR count). The monoisotopic (exact) mass is 389 g/mol. The lowest BCUT2D eigenvalue weighted by atomic mass is 10.1. The molecule has 130 valence electrons. The molecule has 0 saturated heterocycles. The van der Waals surface area contributed by atoms with Gasteiger partial charge in [0.25, 0.3) is 10.0 Å². The molecule has 0 bridgehead atoms. The van der Waals surface area contributed by atoms with Crippen molar-refractivity contribution in [3.05, 3.63) is 46.8 Å². The molecule has 1 heterocycles. The van der Waals surface area contributed by atoms with E-state index < -0.39 is 31.9 Å². The van der Waals surface area contributed by atoms with Crippen LogP contribution in [0.4, 0.5) is 0 Å². The van der Waals surface area contributed by atoms with Gasteiger partial charge in [-0.25, -0.2) is 26.4 Å². The van der Waals surface area contributed by atoms with E-state index in [2.05, 4.69) is 4.72 Å². The summed E-state index contributed by atoms with van der Waals surface area (Å²) in [5.41, 5.74) is 0.492. The number of rotatable bonds is 6. The zero-order chi connectivity index (χ0) is 18.1. The third kappa shape index (κ3) is 4.20. The zero-order valence-corrected chi connectivity index (χ0v) is 15.2. The van der Waals surface area contributed by atoms with E-state index in [9.17, 15) is 21.6 Å². The van der Waals surface area contributed by atoms with Crippen molar-refractivity contribution in [2.24, 2.45) is 0 Å². The Morgan fingerprint density at radius 1 is 1.17 bits per heavy atom. The molecule has 1 atom stereocenters. The highest BCUT2D eigenvalue weighted by molar-refractivity contribution is 7.91. The van der Waals surface area contributed by atoms with Crippen LogP contribution in [-0.4, -0.2) is 34.2 Å². The van der Waals surface area contributed by atoms with E-state index in [-0.39, 0.29) is 14.7 Å². The molecule has 0 amide bonds. The Bertz CT molecular complexity index is 958.